The first-order chi connectivity index (χ1) is 7.27. The van der Waals surface area contributed by atoms with Crippen LogP contribution in [0.25, 0.3) is 0 Å². The minimum atomic E-state index is 0.713. The SMILES string of the molecule is CC(C)CNCC1CSc2ccccc21. The lowest BCUT2D eigenvalue weighted by Gasteiger charge is -2.13. The maximum atomic E-state index is 3.55. The number of rotatable bonds is 4. The van der Waals surface area contributed by atoms with Crippen LogP contribution in [0.3, 0.4) is 0 Å². The highest BCUT2D eigenvalue weighted by atomic mass is 32.2. The second kappa shape index (κ2) is 5.04. The lowest BCUT2D eigenvalue weighted by atomic mass is 10.0. The van der Waals surface area contributed by atoms with E-state index in [9.17, 15) is 0 Å². The zero-order valence-electron chi connectivity index (χ0n) is 9.49. The van der Waals surface area contributed by atoms with E-state index in [1.807, 2.05) is 11.8 Å². The fourth-order valence-corrected chi connectivity index (χ4v) is 3.20. The van der Waals surface area contributed by atoms with Crippen LogP contribution in [0, 0.1) is 5.92 Å². The van der Waals surface area contributed by atoms with Crippen molar-refractivity contribution in [3.63, 3.8) is 0 Å². The summed E-state index contributed by atoms with van der Waals surface area (Å²) in [6.07, 6.45) is 0. The van der Waals surface area contributed by atoms with E-state index in [2.05, 4.69) is 43.4 Å². The molecule has 1 aliphatic rings. The van der Waals surface area contributed by atoms with Gasteiger partial charge in [-0.3, -0.25) is 0 Å². The summed E-state index contributed by atoms with van der Waals surface area (Å²) in [6.45, 7) is 6.76. The molecule has 0 saturated carbocycles. The summed E-state index contributed by atoms with van der Waals surface area (Å²) in [5, 5.41) is 3.55. The Morgan fingerprint density at radius 1 is 1.40 bits per heavy atom. The van der Waals surface area contributed by atoms with Crippen LogP contribution >= 0.6 is 11.8 Å². The van der Waals surface area contributed by atoms with Gasteiger partial charge in [-0.05, 0) is 24.1 Å². The van der Waals surface area contributed by atoms with Gasteiger partial charge in [0.2, 0.25) is 0 Å². The van der Waals surface area contributed by atoms with E-state index >= 15 is 0 Å². The van der Waals surface area contributed by atoms with Crippen molar-refractivity contribution in [3.8, 4) is 0 Å². The first-order valence-electron chi connectivity index (χ1n) is 5.70. The molecule has 0 bridgehead atoms. The normalized spacial score (nSPS) is 19.5. The van der Waals surface area contributed by atoms with Gasteiger partial charge in [-0.15, -0.1) is 11.8 Å². The molecule has 82 valence electrons. The van der Waals surface area contributed by atoms with Gasteiger partial charge in [-0.2, -0.15) is 0 Å². The third-order valence-electron chi connectivity index (χ3n) is 2.74. The summed E-state index contributed by atoms with van der Waals surface area (Å²) in [6, 6.07) is 8.80. The van der Waals surface area contributed by atoms with Crippen molar-refractivity contribution in [1.82, 2.24) is 5.32 Å². The zero-order valence-corrected chi connectivity index (χ0v) is 10.3. The van der Waals surface area contributed by atoms with E-state index in [1.165, 1.54) is 10.6 Å². The molecule has 0 amide bonds. The van der Waals surface area contributed by atoms with Crippen LogP contribution in [0.1, 0.15) is 25.3 Å². The second-order valence-electron chi connectivity index (χ2n) is 4.60. The molecule has 1 aliphatic heterocycles. The Kier molecular flexibility index (Phi) is 3.71. The monoisotopic (exact) mass is 221 g/mol. The minimum Gasteiger partial charge on any atom is -0.316 e. The fourth-order valence-electron chi connectivity index (χ4n) is 1.94. The molecule has 0 spiro atoms. The van der Waals surface area contributed by atoms with Gasteiger partial charge in [0.15, 0.2) is 0 Å². The molecule has 0 fully saturated rings. The lowest BCUT2D eigenvalue weighted by molar-refractivity contribution is 0.531. The standard InChI is InChI=1S/C13H19NS/c1-10(2)7-14-8-11-9-15-13-6-4-3-5-12(11)13/h3-6,10-11,14H,7-9H2,1-2H3. The Balaban J connectivity index is 1.90. The predicted molar refractivity (Wildman–Crippen MR) is 67.6 cm³/mol. The predicted octanol–water partition coefficient (Wildman–Crippen LogP) is 3.12. The maximum Gasteiger partial charge on any atom is 0.0108 e. The van der Waals surface area contributed by atoms with Gasteiger partial charge >= 0.3 is 0 Å². The molecule has 1 unspecified atom stereocenters. The van der Waals surface area contributed by atoms with Crippen molar-refractivity contribution < 1.29 is 0 Å². The average Bonchev–Trinajstić information content (AvgIpc) is 2.62. The van der Waals surface area contributed by atoms with Crippen molar-refractivity contribution in [1.29, 1.82) is 0 Å². The van der Waals surface area contributed by atoms with E-state index in [4.69, 9.17) is 0 Å². The molecule has 0 aliphatic carbocycles. The first kappa shape index (κ1) is 11.0. The Labute approximate surface area is 96.7 Å². The number of hydrogen-bond acceptors (Lipinski definition) is 2. The third kappa shape index (κ3) is 2.76. The average molecular weight is 221 g/mol. The number of nitrogens with one attached hydrogen (secondary N) is 1. The maximum absolute atomic E-state index is 3.55. The molecule has 1 heterocycles. The van der Waals surface area contributed by atoms with Gasteiger partial charge in [0.1, 0.15) is 0 Å². The Morgan fingerprint density at radius 3 is 3.00 bits per heavy atom. The molecule has 0 saturated heterocycles. The number of hydrogen-bond donors (Lipinski definition) is 1. The van der Waals surface area contributed by atoms with Crippen molar-refractivity contribution in [2.45, 2.75) is 24.7 Å². The molecule has 1 atom stereocenters. The lowest BCUT2D eigenvalue weighted by Crippen LogP contribution is -2.25. The van der Waals surface area contributed by atoms with Crippen LogP contribution in [-0.2, 0) is 0 Å². The molecule has 0 radical (unpaired) electrons. The number of fused-ring (bicyclic) bond motifs is 1. The quantitative estimate of drug-likeness (QED) is 0.838. The van der Waals surface area contributed by atoms with Gasteiger partial charge in [0.05, 0.1) is 0 Å². The Bertz CT molecular complexity index is 322. The van der Waals surface area contributed by atoms with Crippen LogP contribution < -0.4 is 5.32 Å². The molecule has 15 heavy (non-hydrogen) atoms. The highest BCUT2D eigenvalue weighted by Gasteiger charge is 2.21. The van der Waals surface area contributed by atoms with Crippen molar-refractivity contribution in [2.24, 2.45) is 5.92 Å². The van der Waals surface area contributed by atoms with Crippen molar-refractivity contribution >= 4 is 11.8 Å². The summed E-state index contributed by atoms with van der Waals surface area (Å²) in [5.74, 6) is 2.70. The molecule has 2 rings (SSSR count). The topological polar surface area (TPSA) is 12.0 Å². The summed E-state index contributed by atoms with van der Waals surface area (Å²) in [4.78, 5) is 1.48. The first-order valence-corrected chi connectivity index (χ1v) is 6.68. The van der Waals surface area contributed by atoms with Crippen molar-refractivity contribution in [3.05, 3.63) is 29.8 Å². The van der Waals surface area contributed by atoms with Gasteiger partial charge < -0.3 is 5.32 Å². The van der Waals surface area contributed by atoms with E-state index < -0.39 is 0 Å². The van der Waals surface area contributed by atoms with E-state index in [0.717, 1.165) is 19.0 Å². The summed E-state index contributed by atoms with van der Waals surface area (Å²) in [5.41, 5.74) is 1.54. The van der Waals surface area contributed by atoms with E-state index in [-0.39, 0.29) is 0 Å². The van der Waals surface area contributed by atoms with Crippen molar-refractivity contribution in [2.75, 3.05) is 18.8 Å². The Morgan fingerprint density at radius 2 is 2.20 bits per heavy atom. The zero-order chi connectivity index (χ0) is 10.7. The fraction of sp³-hybridized carbons (Fsp3) is 0.538. The molecular formula is C13H19NS. The molecule has 1 aromatic carbocycles. The summed E-state index contributed by atoms with van der Waals surface area (Å²) < 4.78 is 0. The molecule has 1 N–H and O–H groups in total. The molecule has 2 heteroatoms. The molecule has 0 aromatic heterocycles. The molecule has 1 aromatic rings. The summed E-state index contributed by atoms with van der Waals surface area (Å²) >= 11 is 1.99. The number of benzene rings is 1. The van der Waals surface area contributed by atoms with Crippen LogP contribution in [0.2, 0.25) is 0 Å². The smallest absolute Gasteiger partial charge is 0.0108 e. The minimum absolute atomic E-state index is 0.713. The molecule has 1 nitrogen and oxygen atoms in total. The van der Waals surface area contributed by atoms with Crippen LogP contribution in [0.15, 0.2) is 29.2 Å². The highest BCUT2D eigenvalue weighted by molar-refractivity contribution is 7.99. The van der Waals surface area contributed by atoms with Crippen LogP contribution in [0.4, 0.5) is 0 Å². The van der Waals surface area contributed by atoms with E-state index in [0.29, 0.717) is 5.92 Å². The third-order valence-corrected chi connectivity index (χ3v) is 3.99. The Hall–Kier alpha value is -0.470. The highest BCUT2D eigenvalue weighted by Crippen LogP contribution is 2.38. The van der Waals surface area contributed by atoms with Crippen LogP contribution in [-0.4, -0.2) is 18.8 Å². The van der Waals surface area contributed by atoms with E-state index in [1.54, 1.807) is 5.56 Å². The molecular weight excluding hydrogens is 202 g/mol. The van der Waals surface area contributed by atoms with Gasteiger partial charge in [-0.25, -0.2) is 0 Å². The largest absolute Gasteiger partial charge is 0.316 e. The van der Waals surface area contributed by atoms with Gasteiger partial charge in [0.25, 0.3) is 0 Å². The number of thioether (sulfide) groups is 1. The van der Waals surface area contributed by atoms with Gasteiger partial charge in [-0.1, -0.05) is 32.0 Å². The summed E-state index contributed by atoms with van der Waals surface area (Å²) in [7, 11) is 0. The van der Waals surface area contributed by atoms with Crippen LogP contribution in [0.5, 0.6) is 0 Å². The van der Waals surface area contributed by atoms with Gasteiger partial charge in [0, 0.05) is 23.1 Å². The second-order valence-corrected chi connectivity index (χ2v) is 5.66.